The number of nitrogens with two attached hydrogens (primary N) is 1. The Morgan fingerprint density at radius 3 is 2.89 bits per heavy atom. The van der Waals surface area contributed by atoms with Crippen molar-refractivity contribution in [1.82, 2.24) is 4.98 Å². The highest BCUT2D eigenvalue weighted by Crippen LogP contribution is 2.20. The van der Waals surface area contributed by atoms with Gasteiger partial charge in [0.25, 0.3) is 0 Å². The minimum Gasteiger partial charge on any atom is -0.384 e. The molecule has 0 fully saturated rings. The van der Waals surface area contributed by atoms with E-state index in [0.717, 1.165) is 11.3 Å². The fourth-order valence-electron chi connectivity index (χ4n) is 1.79. The third-order valence-electron chi connectivity index (χ3n) is 2.86. The van der Waals surface area contributed by atoms with Gasteiger partial charge in [0.05, 0.1) is 5.02 Å². The van der Waals surface area contributed by atoms with Crippen LogP contribution in [-0.4, -0.2) is 17.9 Å². The van der Waals surface area contributed by atoms with E-state index in [2.05, 4.69) is 4.98 Å². The predicted molar refractivity (Wildman–Crippen MR) is 78.8 cm³/mol. The number of anilines is 1. The summed E-state index contributed by atoms with van der Waals surface area (Å²) in [4.78, 5) is 6.02. The van der Waals surface area contributed by atoms with E-state index in [1.165, 1.54) is 0 Å². The molecule has 1 aromatic heterocycles. The molecule has 19 heavy (non-hydrogen) atoms. The van der Waals surface area contributed by atoms with E-state index in [1.54, 1.807) is 12.4 Å². The van der Waals surface area contributed by atoms with Crippen LogP contribution in [0.2, 0.25) is 5.02 Å². The van der Waals surface area contributed by atoms with E-state index >= 15 is 0 Å². The smallest absolute Gasteiger partial charge is 0.122 e. The zero-order valence-corrected chi connectivity index (χ0v) is 11.4. The number of amidine groups is 1. The zero-order chi connectivity index (χ0) is 13.8. The molecule has 0 unspecified atom stereocenters. The van der Waals surface area contributed by atoms with Crippen molar-refractivity contribution >= 4 is 23.1 Å². The summed E-state index contributed by atoms with van der Waals surface area (Å²) < 4.78 is 0. The van der Waals surface area contributed by atoms with E-state index in [9.17, 15) is 0 Å². The lowest BCUT2D eigenvalue weighted by atomic mass is 10.1. The highest BCUT2D eigenvalue weighted by atomic mass is 35.5. The summed E-state index contributed by atoms with van der Waals surface area (Å²) in [6.45, 7) is 0.669. The molecule has 0 aliphatic rings. The maximum Gasteiger partial charge on any atom is 0.122 e. The molecule has 0 atom stereocenters. The van der Waals surface area contributed by atoms with Gasteiger partial charge in [0.2, 0.25) is 0 Å². The highest BCUT2D eigenvalue weighted by molar-refractivity contribution is 6.31. The number of hydrogen-bond donors (Lipinski definition) is 2. The van der Waals surface area contributed by atoms with E-state index in [-0.39, 0.29) is 5.84 Å². The van der Waals surface area contributed by atoms with Crippen molar-refractivity contribution in [3.63, 3.8) is 0 Å². The van der Waals surface area contributed by atoms with Crippen molar-refractivity contribution in [2.75, 3.05) is 11.9 Å². The number of nitrogens with one attached hydrogen (secondary N) is 1. The van der Waals surface area contributed by atoms with Gasteiger partial charge in [0.15, 0.2) is 0 Å². The van der Waals surface area contributed by atoms with Crippen molar-refractivity contribution in [2.45, 2.75) is 6.54 Å². The van der Waals surface area contributed by atoms with Crippen LogP contribution in [0, 0.1) is 5.41 Å². The first-order valence-corrected chi connectivity index (χ1v) is 6.19. The van der Waals surface area contributed by atoms with E-state index in [0.29, 0.717) is 17.1 Å². The van der Waals surface area contributed by atoms with Crippen LogP contribution < -0.4 is 10.6 Å². The number of benzene rings is 1. The van der Waals surface area contributed by atoms with Gasteiger partial charge < -0.3 is 10.6 Å². The first-order chi connectivity index (χ1) is 9.08. The third kappa shape index (κ3) is 3.23. The van der Waals surface area contributed by atoms with Crippen molar-refractivity contribution in [2.24, 2.45) is 5.73 Å². The molecule has 2 rings (SSSR count). The minimum absolute atomic E-state index is 0.0668. The third-order valence-corrected chi connectivity index (χ3v) is 3.20. The van der Waals surface area contributed by atoms with Gasteiger partial charge in [0, 0.05) is 37.2 Å². The van der Waals surface area contributed by atoms with Gasteiger partial charge >= 0.3 is 0 Å². The standard InChI is InChI=1S/C14H15ClN4/c1-19(9-11-5-6-18-8-13(11)15)12-4-2-3-10(7-12)14(16)17/h2-8H,9H2,1H3,(H3,16,17). The number of nitrogen functional groups attached to an aromatic ring is 1. The molecule has 1 heterocycles. The Hall–Kier alpha value is -2.07. The van der Waals surface area contributed by atoms with Crippen molar-refractivity contribution in [3.05, 3.63) is 58.9 Å². The van der Waals surface area contributed by atoms with Gasteiger partial charge in [-0.15, -0.1) is 0 Å². The first kappa shape index (κ1) is 13.4. The summed E-state index contributed by atoms with van der Waals surface area (Å²) >= 11 is 6.09. The van der Waals surface area contributed by atoms with E-state index < -0.39 is 0 Å². The van der Waals surface area contributed by atoms with E-state index in [1.807, 2.05) is 42.3 Å². The molecular formula is C14H15ClN4. The maximum absolute atomic E-state index is 7.46. The van der Waals surface area contributed by atoms with Gasteiger partial charge in [0.1, 0.15) is 5.84 Å². The molecule has 5 heteroatoms. The van der Waals surface area contributed by atoms with Crippen LogP contribution in [0.4, 0.5) is 5.69 Å². The Balaban J connectivity index is 2.20. The fourth-order valence-corrected chi connectivity index (χ4v) is 1.97. The number of hydrogen-bond acceptors (Lipinski definition) is 3. The Bertz CT molecular complexity index is 598. The first-order valence-electron chi connectivity index (χ1n) is 5.82. The molecule has 98 valence electrons. The second kappa shape index (κ2) is 5.71. The van der Waals surface area contributed by atoms with Gasteiger partial charge in [-0.3, -0.25) is 10.4 Å². The molecule has 0 aliphatic heterocycles. The van der Waals surface area contributed by atoms with Crippen LogP contribution in [0.1, 0.15) is 11.1 Å². The van der Waals surface area contributed by atoms with Gasteiger partial charge in [-0.1, -0.05) is 23.7 Å². The molecule has 2 aromatic rings. The highest BCUT2D eigenvalue weighted by Gasteiger charge is 2.06. The average Bonchev–Trinajstić information content (AvgIpc) is 2.41. The van der Waals surface area contributed by atoms with Crippen molar-refractivity contribution in [3.8, 4) is 0 Å². The molecule has 1 aromatic carbocycles. The van der Waals surface area contributed by atoms with E-state index in [4.69, 9.17) is 22.7 Å². The predicted octanol–water partition coefficient (Wildman–Crippen LogP) is 2.66. The molecule has 0 radical (unpaired) electrons. The lowest BCUT2D eigenvalue weighted by Gasteiger charge is -2.20. The Labute approximate surface area is 117 Å². The summed E-state index contributed by atoms with van der Waals surface area (Å²) in [5.74, 6) is 0.0668. The molecular weight excluding hydrogens is 260 g/mol. The molecule has 4 nitrogen and oxygen atoms in total. The second-order valence-electron chi connectivity index (χ2n) is 4.29. The largest absolute Gasteiger partial charge is 0.384 e. The number of rotatable bonds is 4. The number of pyridine rings is 1. The quantitative estimate of drug-likeness (QED) is 0.665. The van der Waals surface area contributed by atoms with Gasteiger partial charge in [-0.2, -0.15) is 0 Å². The molecule has 0 aliphatic carbocycles. The zero-order valence-electron chi connectivity index (χ0n) is 10.6. The van der Waals surface area contributed by atoms with Gasteiger partial charge in [-0.05, 0) is 23.8 Å². The van der Waals surface area contributed by atoms with Crippen LogP contribution in [0.5, 0.6) is 0 Å². The second-order valence-corrected chi connectivity index (χ2v) is 4.69. The Morgan fingerprint density at radius 1 is 1.42 bits per heavy atom. The molecule has 0 spiro atoms. The van der Waals surface area contributed by atoms with Crippen LogP contribution in [0.25, 0.3) is 0 Å². The topological polar surface area (TPSA) is 66.0 Å². The fraction of sp³-hybridized carbons (Fsp3) is 0.143. The number of nitrogens with zero attached hydrogens (tertiary/aromatic N) is 2. The summed E-state index contributed by atoms with van der Waals surface area (Å²) in [7, 11) is 1.97. The summed E-state index contributed by atoms with van der Waals surface area (Å²) in [6, 6.07) is 9.46. The van der Waals surface area contributed by atoms with Crippen LogP contribution in [-0.2, 0) is 6.54 Å². The summed E-state index contributed by atoms with van der Waals surface area (Å²) in [5, 5.41) is 8.11. The van der Waals surface area contributed by atoms with Crippen LogP contribution in [0.3, 0.4) is 0 Å². The summed E-state index contributed by atoms with van der Waals surface area (Å²) in [5.41, 5.74) is 8.20. The Kier molecular flexibility index (Phi) is 4.02. The molecule has 0 saturated heterocycles. The maximum atomic E-state index is 7.46. The normalized spacial score (nSPS) is 10.2. The number of halogens is 1. The monoisotopic (exact) mass is 274 g/mol. The van der Waals surface area contributed by atoms with Crippen LogP contribution in [0.15, 0.2) is 42.7 Å². The number of aromatic nitrogens is 1. The molecule has 0 saturated carbocycles. The average molecular weight is 275 g/mol. The lowest BCUT2D eigenvalue weighted by Crippen LogP contribution is -2.18. The molecule has 0 bridgehead atoms. The van der Waals surface area contributed by atoms with Crippen molar-refractivity contribution < 1.29 is 0 Å². The lowest BCUT2D eigenvalue weighted by molar-refractivity contribution is 0.919. The summed E-state index contributed by atoms with van der Waals surface area (Å²) in [6.07, 6.45) is 3.36. The molecule has 0 amide bonds. The SMILES string of the molecule is CN(Cc1ccncc1Cl)c1cccc(C(=N)N)c1. The minimum atomic E-state index is 0.0668. The van der Waals surface area contributed by atoms with Crippen LogP contribution >= 0.6 is 11.6 Å². The van der Waals surface area contributed by atoms with Crippen molar-refractivity contribution in [1.29, 1.82) is 5.41 Å². The molecule has 3 N–H and O–H groups in total. The van der Waals surface area contributed by atoms with Gasteiger partial charge in [-0.25, -0.2) is 0 Å². The Morgan fingerprint density at radius 2 is 2.21 bits per heavy atom.